The predicted molar refractivity (Wildman–Crippen MR) is 136 cm³/mol. The van der Waals surface area contributed by atoms with Crippen LogP contribution >= 0.6 is 11.6 Å². The minimum absolute atomic E-state index is 0.00148. The van der Waals surface area contributed by atoms with Crippen molar-refractivity contribution >= 4 is 41.1 Å². The zero-order valence-electron chi connectivity index (χ0n) is 20.5. The van der Waals surface area contributed by atoms with Crippen molar-refractivity contribution in [2.45, 2.75) is 38.5 Å². The number of halogens is 1. The first-order valence-electron chi connectivity index (χ1n) is 12.1. The van der Waals surface area contributed by atoms with Crippen molar-refractivity contribution in [3.8, 4) is 0 Å². The number of carbonyl (C=O) groups is 4. The van der Waals surface area contributed by atoms with Crippen LogP contribution in [0.2, 0.25) is 5.02 Å². The van der Waals surface area contributed by atoms with Crippen LogP contribution < -0.4 is 16.0 Å². The fourth-order valence-electron chi connectivity index (χ4n) is 4.31. The summed E-state index contributed by atoms with van der Waals surface area (Å²) in [5.74, 6) is -1.03. The number of ether oxygens (including phenoxy) is 2. The van der Waals surface area contributed by atoms with E-state index in [4.69, 9.17) is 21.1 Å². The summed E-state index contributed by atoms with van der Waals surface area (Å²) >= 11 is 6.34. The van der Waals surface area contributed by atoms with Gasteiger partial charge in [-0.15, -0.1) is 0 Å². The Kier molecular flexibility index (Phi) is 8.75. The maximum absolute atomic E-state index is 12.8. The molecular formula is C26H29ClN4O6. The number of anilines is 1. The van der Waals surface area contributed by atoms with E-state index in [1.54, 1.807) is 30.3 Å². The molecule has 1 unspecified atom stereocenters. The second-order valence-electron chi connectivity index (χ2n) is 8.86. The fraction of sp³-hybridized carbons (Fsp3) is 0.385. The number of likely N-dealkylation sites (N-methyl/N-ethyl adjacent to an activating group) is 1. The molecule has 1 atom stereocenters. The molecule has 10 nitrogen and oxygen atoms in total. The number of hydrogen-bond donors (Lipinski definition) is 3. The van der Waals surface area contributed by atoms with Gasteiger partial charge in [-0.1, -0.05) is 23.7 Å². The van der Waals surface area contributed by atoms with Crippen LogP contribution in [-0.4, -0.2) is 61.6 Å². The van der Waals surface area contributed by atoms with Crippen LogP contribution in [0.15, 0.2) is 36.4 Å². The molecule has 0 saturated carbocycles. The Morgan fingerprint density at radius 1 is 1.16 bits per heavy atom. The molecule has 2 aromatic carbocycles. The summed E-state index contributed by atoms with van der Waals surface area (Å²) in [5.41, 5.74) is 3.38. The number of benzene rings is 2. The van der Waals surface area contributed by atoms with Crippen LogP contribution in [0.3, 0.4) is 0 Å². The van der Waals surface area contributed by atoms with Gasteiger partial charge in [0.25, 0.3) is 5.91 Å². The topological polar surface area (TPSA) is 126 Å². The van der Waals surface area contributed by atoms with Crippen LogP contribution in [0.5, 0.6) is 0 Å². The number of rotatable bonds is 10. The summed E-state index contributed by atoms with van der Waals surface area (Å²) in [6, 6.07) is 9.74. The molecule has 1 saturated heterocycles. The summed E-state index contributed by atoms with van der Waals surface area (Å²) in [6.45, 7) is 2.21. The van der Waals surface area contributed by atoms with Crippen molar-refractivity contribution in [3.63, 3.8) is 0 Å². The van der Waals surface area contributed by atoms with Gasteiger partial charge in [-0.2, -0.15) is 0 Å². The van der Waals surface area contributed by atoms with Crippen molar-refractivity contribution in [1.82, 2.24) is 15.5 Å². The lowest BCUT2D eigenvalue weighted by molar-refractivity contribution is -0.136. The van der Waals surface area contributed by atoms with Gasteiger partial charge in [0.15, 0.2) is 0 Å². The lowest BCUT2D eigenvalue weighted by Gasteiger charge is -2.29. The highest BCUT2D eigenvalue weighted by molar-refractivity contribution is 6.31. The predicted octanol–water partition coefficient (Wildman–Crippen LogP) is 2.63. The number of fused-ring (bicyclic) bond motifs is 1. The highest BCUT2D eigenvalue weighted by Crippen LogP contribution is 2.28. The van der Waals surface area contributed by atoms with Gasteiger partial charge in [-0.25, -0.2) is 4.79 Å². The van der Waals surface area contributed by atoms with Gasteiger partial charge in [-0.05, 0) is 60.8 Å². The van der Waals surface area contributed by atoms with Crippen molar-refractivity contribution < 1.29 is 28.7 Å². The van der Waals surface area contributed by atoms with Gasteiger partial charge in [0.05, 0.1) is 13.2 Å². The first-order chi connectivity index (χ1) is 17.9. The molecule has 0 radical (unpaired) electrons. The first-order valence-corrected chi connectivity index (χ1v) is 12.4. The van der Waals surface area contributed by atoms with Crippen molar-refractivity contribution in [2.75, 3.05) is 32.1 Å². The molecule has 2 aromatic rings. The largest absolute Gasteiger partial charge is 0.444 e. The minimum atomic E-state index is -0.674. The second-order valence-corrected chi connectivity index (χ2v) is 9.27. The Bertz CT molecular complexity index is 1200. The van der Waals surface area contributed by atoms with E-state index in [1.165, 1.54) is 4.90 Å². The third kappa shape index (κ3) is 6.65. The van der Waals surface area contributed by atoms with E-state index in [-0.39, 0.29) is 31.4 Å². The summed E-state index contributed by atoms with van der Waals surface area (Å²) in [6.07, 6.45) is 0.524. The quantitative estimate of drug-likeness (QED) is 0.319. The standard InChI is InChI=1S/C26H29ClN4O6/c1-28-9-11-36-10-8-17-3-4-19(13-21(17)27)29-26(35)37-15-16-2-5-20-18(12-16)14-31(25(20)34)22-6-7-23(32)30-24(22)33/h2-5,12-13,22,28H,6-11,14-15H2,1H3,(H,29,35)(H,30,32,33). The van der Waals surface area contributed by atoms with Crippen LogP contribution in [0.1, 0.15) is 39.9 Å². The van der Waals surface area contributed by atoms with E-state index in [1.807, 2.05) is 13.1 Å². The number of hydrogen-bond acceptors (Lipinski definition) is 7. The van der Waals surface area contributed by atoms with E-state index in [9.17, 15) is 19.2 Å². The molecule has 4 amide bonds. The number of nitrogens with zero attached hydrogens (tertiary/aromatic N) is 1. The molecule has 4 rings (SSSR count). The highest BCUT2D eigenvalue weighted by atomic mass is 35.5. The molecule has 196 valence electrons. The smallest absolute Gasteiger partial charge is 0.411 e. The van der Waals surface area contributed by atoms with Crippen LogP contribution in [-0.2, 0) is 38.6 Å². The molecule has 0 aromatic heterocycles. The number of imide groups is 1. The number of piperidine rings is 1. The van der Waals surface area contributed by atoms with Crippen LogP contribution in [0.4, 0.5) is 10.5 Å². The average molecular weight is 529 g/mol. The zero-order chi connectivity index (χ0) is 26.4. The number of amides is 4. The number of carbonyl (C=O) groups excluding carboxylic acids is 4. The van der Waals surface area contributed by atoms with Gasteiger partial charge in [0.1, 0.15) is 12.6 Å². The van der Waals surface area contributed by atoms with Gasteiger partial charge < -0.3 is 19.7 Å². The van der Waals surface area contributed by atoms with Crippen molar-refractivity contribution in [2.24, 2.45) is 0 Å². The zero-order valence-corrected chi connectivity index (χ0v) is 21.2. The monoisotopic (exact) mass is 528 g/mol. The highest BCUT2D eigenvalue weighted by Gasteiger charge is 2.39. The summed E-state index contributed by atoms with van der Waals surface area (Å²) in [5, 5.41) is 8.49. The maximum atomic E-state index is 12.8. The first kappa shape index (κ1) is 26.6. The third-order valence-electron chi connectivity index (χ3n) is 6.27. The second kappa shape index (κ2) is 12.2. The lowest BCUT2D eigenvalue weighted by atomic mass is 10.0. The van der Waals surface area contributed by atoms with Crippen molar-refractivity contribution in [1.29, 1.82) is 0 Å². The Labute approximate surface area is 219 Å². The molecule has 2 aliphatic rings. The molecule has 37 heavy (non-hydrogen) atoms. The van der Waals surface area contributed by atoms with E-state index < -0.39 is 18.0 Å². The number of nitrogens with one attached hydrogen (secondary N) is 3. The Morgan fingerprint density at radius 3 is 2.76 bits per heavy atom. The molecule has 2 aliphatic heterocycles. The van der Waals surface area contributed by atoms with Gasteiger partial charge in [-0.3, -0.25) is 25.0 Å². The fourth-order valence-corrected chi connectivity index (χ4v) is 4.58. The lowest BCUT2D eigenvalue weighted by Crippen LogP contribution is -2.52. The van der Waals surface area contributed by atoms with Gasteiger partial charge in [0, 0.05) is 35.8 Å². The van der Waals surface area contributed by atoms with Gasteiger partial charge in [0.2, 0.25) is 11.8 Å². The van der Waals surface area contributed by atoms with E-state index >= 15 is 0 Å². The van der Waals surface area contributed by atoms with Crippen molar-refractivity contribution in [3.05, 3.63) is 63.7 Å². The maximum Gasteiger partial charge on any atom is 0.411 e. The van der Waals surface area contributed by atoms with Gasteiger partial charge >= 0.3 is 6.09 Å². The summed E-state index contributed by atoms with van der Waals surface area (Å²) in [7, 11) is 1.86. The molecule has 0 spiro atoms. The molecule has 2 heterocycles. The minimum Gasteiger partial charge on any atom is -0.444 e. The molecule has 0 bridgehead atoms. The van der Waals surface area contributed by atoms with E-state index in [0.717, 1.165) is 17.7 Å². The normalized spacial score (nSPS) is 17.0. The van der Waals surface area contributed by atoms with Crippen LogP contribution in [0.25, 0.3) is 0 Å². The summed E-state index contributed by atoms with van der Waals surface area (Å²) < 4.78 is 10.9. The van der Waals surface area contributed by atoms with E-state index in [2.05, 4.69) is 16.0 Å². The SMILES string of the molecule is CNCCOCCc1ccc(NC(=O)OCc2ccc3c(c2)CN(C2CCC(=O)NC2=O)C3=O)cc1Cl. The molecule has 11 heteroatoms. The Hall–Kier alpha value is -3.47. The Morgan fingerprint density at radius 2 is 2.00 bits per heavy atom. The molecule has 0 aliphatic carbocycles. The van der Waals surface area contributed by atoms with E-state index in [0.29, 0.717) is 47.9 Å². The Balaban J connectivity index is 1.28. The average Bonchev–Trinajstić information content (AvgIpc) is 3.19. The molecule has 3 N–H and O–H groups in total. The third-order valence-corrected chi connectivity index (χ3v) is 6.62. The molecule has 1 fully saturated rings. The molecular weight excluding hydrogens is 500 g/mol. The van der Waals surface area contributed by atoms with Crippen LogP contribution in [0, 0.1) is 0 Å². The summed E-state index contributed by atoms with van der Waals surface area (Å²) in [4.78, 5) is 50.2.